The summed E-state index contributed by atoms with van der Waals surface area (Å²) in [5, 5.41) is 36.8. The molecule has 1 unspecified atom stereocenters. The maximum absolute atomic E-state index is 14.3. The Kier molecular flexibility index (Phi) is 13.3. The lowest BCUT2D eigenvalue weighted by Crippen LogP contribution is -2.48. The molecule has 4 aliphatic rings. The van der Waals surface area contributed by atoms with Crippen molar-refractivity contribution in [3.63, 3.8) is 0 Å². The SMILES string of the molecule is Cc1ncsc1-c1ccc(CNC(=O)[C@@H]2C[C@@H](O)CN2C(=O)[C@@H](c2cc(N3CCC(c4cnc(N5CCC(c6sc7c(c6C)=CC(c6ccccc6O)N(C)N=7)CC5)nc4)CC3)no2)C(C)C)cc1. The van der Waals surface area contributed by atoms with Gasteiger partial charge in [-0.25, -0.2) is 15.0 Å². The second-order valence-electron chi connectivity index (χ2n) is 19.4. The van der Waals surface area contributed by atoms with Crippen molar-refractivity contribution in [1.82, 2.24) is 35.3 Å². The molecule has 4 aliphatic heterocycles. The molecule has 3 N–H and O–H groups in total. The van der Waals surface area contributed by atoms with Gasteiger partial charge in [-0.05, 0) is 91.7 Å². The van der Waals surface area contributed by atoms with E-state index in [9.17, 15) is 19.8 Å². The summed E-state index contributed by atoms with van der Waals surface area (Å²) in [6.07, 6.45) is 9.45. The van der Waals surface area contributed by atoms with Crippen molar-refractivity contribution < 1.29 is 24.3 Å². The summed E-state index contributed by atoms with van der Waals surface area (Å²) in [5.74, 6) is 1.63. The van der Waals surface area contributed by atoms with Crippen molar-refractivity contribution in [2.24, 2.45) is 11.0 Å². The first-order valence-corrected chi connectivity index (χ1v) is 25.8. The summed E-state index contributed by atoms with van der Waals surface area (Å²) in [5.41, 5.74) is 8.13. The first kappa shape index (κ1) is 46.6. The summed E-state index contributed by atoms with van der Waals surface area (Å²) in [7, 11) is 1.97. The van der Waals surface area contributed by atoms with E-state index in [1.807, 2.05) is 99.3 Å². The monoisotopic (exact) mass is 968 g/mol. The zero-order valence-electron chi connectivity index (χ0n) is 39.8. The molecule has 15 nitrogen and oxygen atoms in total. The molecule has 360 valence electrons. The molecule has 17 heteroatoms. The number of rotatable bonds is 12. The van der Waals surface area contributed by atoms with Gasteiger partial charge >= 0.3 is 0 Å². The van der Waals surface area contributed by atoms with Crippen LogP contribution in [0.25, 0.3) is 16.5 Å². The number of thiazole rings is 1. The normalized spacial score (nSPS) is 20.5. The first-order chi connectivity index (χ1) is 33.4. The van der Waals surface area contributed by atoms with Crippen LogP contribution in [0, 0.1) is 19.8 Å². The fourth-order valence-corrected chi connectivity index (χ4v) is 12.8. The van der Waals surface area contributed by atoms with E-state index in [0.717, 1.165) is 95.3 Å². The van der Waals surface area contributed by atoms with Crippen molar-refractivity contribution in [3.8, 4) is 16.2 Å². The summed E-state index contributed by atoms with van der Waals surface area (Å²) < 4.78 is 6.95. The number of aryl methyl sites for hydroxylation is 1. The van der Waals surface area contributed by atoms with Gasteiger partial charge in [0, 0.05) is 86.9 Å². The number of hydrogen-bond acceptors (Lipinski definition) is 15. The lowest BCUT2D eigenvalue weighted by atomic mass is 9.90. The molecular weight excluding hydrogens is 909 g/mol. The molecule has 2 aromatic carbocycles. The van der Waals surface area contributed by atoms with E-state index in [1.165, 1.54) is 20.6 Å². The highest BCUT2D eigenvalue weighted by Crippen LogP contribution is 2.37. The highest BCUT2D eigenvalue weighted by molar-refractivity contribution is 7.13. The number of anilines is 2. The number of nitrogens with zero attached hydrogens (tertiary/aromatic N) is 9. The zero-order valence-corrected chi connectivity index (χ0v) is 41.4. The molecule has 3 saturated heterocycles. The van der Waals surface area contributed by atoms with E-state index in [0.29, 0.717) is 30.0 Å². The second-order valence-corrected chi connectivity index (χ2v) is 21.3. The number of phenolic OH excluding ortho intramolecular Hbond substituents is 1. The van der Waals surface area contributed by atoms with Crippen LogP contribution in [0.15, 0.2) is 82.1 Å². The van der Waals surface area contributed by atoms with Crippen LogP contribution in [0.1, 0.15) is 108 Å². The van der Waals surface area contributed by atoms with Gasteiger partial charge < -0.3 is 34.8 Å². The molecule has 3 fully saturated rings. The number of fused-ring (bicyclic) bond motifs is 1. The molecular formula is C52H60N10O5S2. The quantitative estimate of drug-likeness (QED) is 0.118. The Bertz CT molecular complexity index is 2920. The fourth-order valence-electron chi connectivity index (χ4n) is 10.6. The molecule has 2 amide bonds. The molecule has 0 spiro atoms. The third-order valence-electron chi connectivity index (χ3n) is 14.6. The number of nitrogens with one attached hydrogen (secondary N) is 1. The average Bonchev–Trinajstić information content (AvgIpc) is 4.18. The Morgan fingerprint density at radius 3 is 2.33 bits per heavy atom. The van der Waals surface area contributed by atoms with Crippen LogP contribution >= 0.6 is 22.7 Å². The molecule has 6 aromatic rings. The number of aromatic hydroxyl groups is 1. The maximum atomic E-state index is 14.3. The number of aromatic nitrogens is 4. The van der Waals surface area contributed by atoms with Crippen LogP contribution in [0.4, 0.5) is 11.8 Å². The Morgan fingerprint density at radius 1 is 0.928 bits per heavy atom. The standard InChI is InChI=1S/C52H60N10O5S2/c1-30(2)46(51(66)62-28-38(63)22-42(62)49(65)53-25-33-10-12-35(13-11-33)48-32(4)56-29-68-48)44-24-45(58-67-44)60-18-14-34(15-19-60)37-26-54-52(55-27-37)61-20-16-36(17-21-61)47-31(3)40-23-41(59(5)57-50(40)69-47)39-8-6-7-9-43(39)64/h6-13,23-24,26-27,29-30,34,36,38,41-42,46,63-64H,14-22,25,28H2,1-5H3,(H,53,65)/t38-,41?,42+,46-/m1/s1. The number of piperidine rings is 2. The highest BCUT2D eigenvalue weighted by Gasteiger charge is 2.43. The number of para-hydroxylation sites is 1. The van der Waals surface area contributed by atoms with E-state index >= 15 is 0 Å². The molecule has 10 rings (SSSR count). The number of amides is 2. The number of β-amino-alcohol motifs (C(OH)–C–C–N with tert-alkyl or cyclic N) is 1. The highest BCUT2D eigenvalue weighted by atomic mass is 32.1. The molecule has 69 heavy (non-hydrogen) atoms. The minimum Gasteiger partial charge on any atom is -0.508 e. The minimum atomic E-state index is -0.801. The lowest BCUT2D eigenvalue weighted by Gasteiger charge is -2.33. The summed E-state index contributed by atoms with van der Waals surface area (Å²) >= 11 is 3.39. The number of aliphatic hydroxyl groups is 1. The zero-order chi connectivity index (χ0) is 47.9. The van der Waals surface area contributed by atoms with Gasteiger partial charge in [-0.1, -0.05) is 61.5 Å². The number of aliphatic hydroxyl groups excluding tert-OH is 1. The third kappa shape index (κ3) is 9.48. The molecule has 0 aliphatic carbocycles. The molecule has 0 radical (unpaired) electrons. The fraction of sp³-hybridized carbons (Fsp3) is 0.442. The topological polar surface area (TPSA) is 177 Å². The number of carbonyl (C=O) groups excluding carboxylic acids is 2. The van der Waals surface area contributed by atoms with Crippen LogP contribution in [0.2, 0.25) is 0 Å². The van der Waals surface area contributed by atoms with Crippen LogP contribution < -0.4 is 25.0 Å². The van der Waals surface area contributed by atoms with E-state index in [-0.39, 0.29) is 42.5 Å². The minimum absolute atomic E-state index is 0.0801. The molecule has 0 bridgehead atoms. The third-order valence-corrected chi connectivity index (χ3v) is 16.9. The Morgan fingerprint density at radius 2 is 1.64 bits per heavy atom. The van der Waals surface area contributed by atoms with Crippen molar-refractivity contribution in [2.45, 2.75) is 102 Å². The molecule has 4 aromatic heterocycles. The van der Waals surface area contributed by atoms with Gasteiger partial charge in [-0.15, -0.1) is 22.7 Å². The van der Waals surface area contributed by atoms with Gasteiger partial charge in [0.25, 0.3) is 0 Å². The number of phenols is 1. The van der Waals surface area contributed by atoms with Crippen molar-refractivity contribution in [3.05, 3.63) is 121 Å². The molecule has 0 saturated carbocycles. The molecule has 4 atom stereocenters. The Labute approximate surface area is 410 Å². The largest absolute Gasteiger partial charge is 0.508 e. The maximum Gasteiger partial charge on any atom is 0.243 e. The predicted octanol–water partition coefficient (Wildman–Crippen LogP) is 6.76. The Balaban J connectivity index is 0.719. The van der Waals surface area contributed by atoms with Gasteiger partial charge in [0.1, 0.15) is 22.4 Å². The van der Waals surface area contributed by atoms with Gasteiger partial charge in [-0.3, -0.25) is 14.6 Å². The van der Waals surface area contributed by atoms with E-state index in [2.05, 4.69) is 38.3 Å². The van der Waals surface area contributed by atoms with Gasteiger partial charge in [0.15, 0.2) is 11.6 Å². The summed E-state index contributed by atoms with van der Waals surface area (Å²) in [4.78, 5) is 50.5. The van der Waals surface area contributed by atoms with Gasteiger partial charge in [-0.2, -0.15) is 5.10 Å². The van der Waals surface area contributed by atoms with Crippen LogP contribution in [0.3, 0.4) is 0 Å². The second kappa shape index (κ2) is 19.7. The van der Waals surface area contributed by atoms with Crippen LogP contribution in [0.5, 0.6) is 5.75 Å². The smallest absolute Gasteiger partial charge is 0.243 e. The molecule has 8 heterocycles. The van der Waals surface area contributed by atoms with E-state index in [1.54, 1.807) is 28.7 Å². The number of carbonyl (C=O) groups is 2. The van der Waals surface area contributed by atoms with Crippen molar-refractivity contribution in [2.75, 3.05) is 49.6 Å². The van der Waals surface area contributed by atoms with Gasteiger partial charge in [0.2, 0.25) is 17.8 Å². The van der Waals surface area contributed by atoms with E-state index in [4.69, 9.17) is 19.6 Å². The number of likely N-dealkylation sites (tertiary alicyclic amines) is 1. The average molecular weight is 969 g/mol. The number of benzene rings is 2. The van der Waals surface area contributed by atoms with E-state index < -0.39 is 18.1 Å². The van der Waals surface area contributed by atoms with Crippen LogP contribution in [-0.4, -0.2) is 104 Å². The lowest BCUT2D eigenvalue weighted by molar-refractivity contribution is -0.141. The number of hydrogen-bond donors (Lipinski definition) is 3. The van der Waals surface area contributed by atoms with Crippen molar-refractivity contribution in [1.29, 1.82) is 0 Å². The van der Waals surface area contributed by atoms with Crippen LogP contribution in [-0.2, 0) is 16.1 Å². The Hall–Kier alpha value is -6.17. The summed E-state index contributed by atoms with van der Waals surface area (Å²) in [6.45, 7) is 11.8. The predicted molar refractivity (Wildman–Crippen MR) is 268 cm³/mol. The first-order valence-electron chi connectivity index (χ1n) is 24.1. The number of thiophene rings is 1. The summed E-state index contributed by atoms with van der Waals surface area (Å²) in [6, 6.07) is 16.5. The van der Waals surface area contributed by atoms with Gasteiger partial charge in [0.05, 0.1) is 28.2 Å². The van der Waals surface area contributed by atoms with Crippen molar-refractivity contribution >= 4 is 52.3 Å².